The molecule has 1 heterocycles. The van der Waals surface area contributed by atoms with Gasteiger partial charge in [-0.1, -0.05) is 0 Å². The number of carboxylic acids is 1. The molecule has 2 rings (SSSR count). The Morgan fingerprint density at radius 1 is 1.47 bits per heavy atom. The van der Waals surface area contributed by atoms with E-state index in [1.807, 2.05) is 19.2 Å². The summed E-state index contributed by atoms with van der Waals surface area (Å²) < 4.78 is 0. The molecule has 6 heteroatoms. The molecule has 0 aliphatic heterocycles. The minimum atomic E-state index is -1.02. The van der Waals surface area contributed by atoms with Crippen LogP contribution >= 0.6 is 11.3 Å². The van der Waals surface area contributed by atoms with Gasteiger partial charge in [0, 0.05) is 23.0 Å². The number of nitrogens with zero attached hydrogens (tertiary/aromatic N) is 1. The van der Waals surface area contributed by atoms with Crippen LogP contribution in [0.25, 0.3) is 0 Å². The maximum absolute atomic E-state index is 10.9. The number of aromatic carboxylic acids is 1. The van der Waals surface area contributed by atoms with Crippen molar-refractivity contribution in [3.8, 4) is 0 Å². The second kappa shape index (κ2) is 4.89. The number of anilines is 2. The van der Waals surface area contributed by atoms with E-state index in [1.165, 1.54) is 6.07 Å². The molecule has 0 aliphatic carbocycles. The van der Waals surface area contributed by atoms with Crippen LogP contribution in [-0.2, 0) is 5.54 Å². The molecule has 0 unspecified atom stereocenters. The molecule has 0 bridgehead atoms. The first kappa shape index (κ1) is 13.4. The van der Waals surface area contributed by atoms with Crippen LogP contribution in [0.2, 0.25) is 0 Å². The lowest BCUT2D eigenvalue weighted by Crippen LogP contribution is -2.27. The van der Waals surface area contributed by atoms with Gasteiger partial charge in [-0.05, 0) is 32.0 Å². The third-order valence-electron chi connectivity index (χ3n) is 2.71. The smallest absolute Gasteiger partial charge is 0.337 e. The number of benzene rings is 1. The molecule has 0 fully saturated rings. The summed E-state index contributed by atoms with van der Waals surface area (Å²) in [6, 6.07) is 4.83. The van der Waals surface area contributed by atoms with Crippen molar-refractivity contribution < 1.29 is 9.90 Å². The first-order chi connectivity index (χ1) is 8.90. The maximum Gasteiger partial charge on any atom is 0.337 e. The van der Waals surface area contributed by atoms with Crippen molar-refractivity contribution in [1.29, 1.82) is 0 Å². The number of aromatic nitrogens is 1. The van der Waals surface area contributed by atoms with Gasteiger partial charge in [0.25, 0.3) is 0 Å². The van der Waals surface area contributed by atoms with Gasteiger partial charge in [0.2, 0.25) is 0 Å². The average Bonchev–Trinajstić information content (AvgIpc) is 2.81. The summed E-state index contributed by atoms with van der Waals surface area (Å²) in [5.41, 5.74) is 6.50. The first-order valence-corrected chi connectivity index (χ1v) is 6.59. The van der Waals surface area contributed by atoms with Gasteiger partial charge < -0.3 is 16.2 Å². The summed E-state index contributed by atoms with van der Waals surface area (Å²) in [4.78, 5) is 15.2. The monoisotopic (exact) mass is 277 g/mol. The predicted molar refractivity (Wildman–Crippen MR) is 76.6 cm³/mol. The summed E-state index contributed by atoms with van der Waals surface area (Å²) in [6.07, 6.45) is 1.76. The summed E-state index contributed by atoms with van der Waals surface area (Å²) >= 11 is 1.56. The number of rotatable bonds is 4. The molecule has 0 atom stereocenters. The average molecular weight is 277 g/mol. The number of carboxylic acid groups (broad SMARTS) is 1. The number of thiazole rings is 1. The molecule has 100 valence electrons. The number of nitrogen functional groups attached to an aromatic ring is 1. The highest BCUT2D eigenvalue weighted by Gasteiger charge is 2.23. The highest BCUT2D eigenvalue weighted by atomic mass is 32.1. The van der Waals surface area contributed by atoms with E-state index in [4.69, 9.17) is 10.8 Å². The number of hydrogen-bond donors (Lipinski definition) is 3. The van der Waals surface area contributed by atoms with Gasteiger partial charge in [0.15, 0.2) is 0 Å². The van der Waals surface area contributed by atoms with E-state index in [2.05, 4.69) is 10.3 Å². The zero-order valence-corrected chi connectivity index (χ0v) is 11.5. The molecule has 0 amide bonds. The summed E-state index contributed by atoms with van der Waals surface area (Å²) in [7, 11) is 0. The highest BCUT2D eigenvalue weighted by molar-refractivity contribution is 7.09. The van der Waals surface area contributed by atoms with Crippen LogP contribution in [0.3, 0.4) is 0 Å². The molecule has 19 heavy (non-hydrogen) atoms. The quantitative estimate of drug-likeness (QED) is 0.748. The van der Waals surface area contributed by atoms with E-state index >= 15 is 0 Å². The van der Waals surface area contributed by atoms with Gasteiger partial charge in [0.05, 0.1) is 11.1 Å². The van der Waals surface area contributed by atoms with Gasteiger partial charge in [-0.25, -0.2) is 9.78 Å². The Morgan fingerprint density at radius 2 is 2.21 bits per heavy atom. The second-order valence-corrected chi connectivity index (χ2v) is 5.59. The normalized spacial score (nSPS) is 11.3. The minimum absolute atomic E-state index is 0.109. The van der Waals surface area contributed by atoms with Crippen molar-refractivity contribution in [2.75, 3.05) is 11.1 Å². The lowest BCUT2D eigenvalue weighted by molar-refractivity contribution is 0.0698. The molecule has 0 aliphatic rings. The van der Waals surface area contributed by atoms with Crippen LogP contribution < -0.4 is 11.1 Å². The topological polar surface area (TPSA) is 88.2 Å². The highest BCUT2D eigenvalue weighted by Crippen LogP contribution is 2.28. The Bertz CT molecular complexity index is 594. The van der Waals surface area contributed by atoms with Crippen LogP contribution in [-0.4, -0.2) is 16.1 Å². The fraction of sp³-hybridized carbons (Fsp3) is 0.231. The van der Waals surface area contributed by atoms with Crippen LogP contribution in [0.15, 0.2) is 29.8 Å². The summed E-state index contributed by atoms with van der Waals surface area (Å²) in [5, 5.41) is 15.1. The first-order valence-electron chi connectivity index (χ1n) is 5.71. The van der Waals surface area contributed by atoms with E-state index in [1.54, 1.807) is 29.7 Å². The van der Waals surface area contributed by atoms with Gasteiger partial charge >= 0.3 is 5.97 Å². The fourth-order valence-corrected chi connectivity index (χ4v) is 2.50. The number of hydrogen-bond acceptors (Lipinski definition) is 5. The number of nitrogens with one attached hydrogen (secondary N) is 1. The molecule has 1 aromatic carbocycles. The largest absolute Gasteiger partial charge is 0.478 e. The van der Waals surface area contributed by atoms with Gasteiger partial charge in [-0.2, -0.15) is 0 Å². The Balaban J connectivity index is 2.25. The Labute approximate surface area is 115 Å². The molecule has 5 nitrogen and oxygen atoms in total. The van der Waals surface area contributed by atoms with E-state index in [-0.39, 0.29) is 16.8 Å². The molecule has 4 N–H and O–H groups in total. The molecule has 2 aromatic rings. The van der Waals surface area contributed by atoms with Crippen molar-refractivity contribution in [2.24, 2.45) is 0 Å². The summed E-state index contributed by atoms with van der Waals surface area (Å²) in [6.45, 7) is 4.01. The third-order valence-corrected chi connectivity index (χ3v) is 3.80. The molecular formula is C13H15N3O2S. The predicted octanol–water partition coefficient (Wildman–Crippen LogP) is 2.77. The van der Waals surface area contributed by atoms with E-state index in [0.29, 0.717) is 0 Å². The van der Waals surface area contributed by atoms with Crippen molar-refractivity contribution >= 4 is 28.7 Å². The molecule has 1 aromatic heterocycles. The molecule has 0 saturated heterocycles. The van der Waals surface area contributed by atoms with Crippen LogP contribution in [0.5, 0.6) is 0 Å². The number of carbonyl (C=O) groups is 1. The molecule has 0 saturated carbocycles. The van der Waals surface area contributed by atoms with Crippen LogP contribution in [0, 0.1) is 0 Å². The minimum Gasteiger partial charge on any atom is -0.478 e. The summed E-state index contributed by atoms with van der Waals surface area (Å²) in [5.74, 6) is -1.02. The number of nitrogens with two attached hydrogens (primary N) is 1. The molecule has 0 radical (unpaired) electrons. The lowest BCUT2D eigenvalue weighted by atomic mass is 10.1. The zero-order valence-electron chi connectivity index (χ0n) is 10.7. The van der Waals surface area contributed by atoms with Crippen LogP contribution in [0.1, 0.15) is 29.2 Å². The Hall–Kier alpha value is -2.08. The van der Waals surface area contributed by atoms with Gasteiger partial charge in [-0.3, -0.25) is 0 Å². The zero-order chi connectivity index (χ0) is 14.0. The van der Waals surface area contributed by atoms with Gasteiger partial charge in [0.1, 0.15) is 5.01 Å². The molecule has 0 spiro atoms. The van der Waals surface area contributed by atoms with E-state index in [9.17, 15) is 4.79 Å². The lowest BCUT2D eigenvalue weighted by Gasteiger charge is -2.25. The fourth-order valence-electron chi connectivity index (χ4n) is 1.78. The SMILES string of the molecule is CC(C)(Nc1ccc(C(=O)O)c(N)c1)c1nccs1. The van der Waals surface area contributed by atoms with E-state index in [0.717, 1.165) is 10.7 Å². The van der Waals surface area contributed by atoms with Gasteiger partial charge in [-0.15, -0.1) is 11.3 Å². The Morgan fingerprint density at radius 3 is 2.74 bits per heavy atom. The molecular weight excluding hydrogens is 262 g/mol. The second-order valence-electron chi connectivity index (χ2n) is 4.69. The maximum atomic E-state index is 10.9. The standard InChI is InChI=1S/C13H15N3O2S/c1-13(2,12-15-5-6-19-12)16-8-3-4-9(11(17)18)10(14)7-8/h3-7,16H,14H2,1-2H3,(H,17,18). The van der Waals surface area contributed by atoms with Crippen molar-refractivity contribution in [1.82, 2.24) is 4.98 Å². The van der Waals surface area contributed by atoms with Crippen molar-refractivity contribution in [3.05, 3.63) is 40.3 Å². The van der Waals surface area contributed by atoms with Crippen molar-refractivity contribution in [3.63, 3.8) is 0 Å². The van der Waals surface area contributed by atoms with Crippen molar-refractivity contribution in [2.45, 2.75) is 19.4 Å². The van der Waals surface area contributed by atoms with E-state index < -0.39 is 5.97 Å². The Kier molecular flexibility index (Phi) is 3.44. The van der Waals surface area contributed by atoms with Crippen LogP contribution in [0.4, 0.5) is 11.4 Å². The third kappa shape index (κ3) is 2.85.